The van der Waals surface area contributed by atoms with Gasteiger partial charge in [0.25, 0.3) is 0 Å². The average Bonchev–Trinajstić information content (AvgIpc) is 2.76. The highest BCUT2D eigenvalue weighted by Crippen LogP contribution is 2.16. The molecule has 3 nitrogen and oxygen atoms in total. The molecular formula is C13H9ClN2O. The van der Waals surface area contributed by atoms with Crippen molar-refractivity contribution in [2.75, 3.05) is 0 Å². The summed E-state index contributed by atoms with van der Waals surface area (Å²) >= 11 is 5.94. The van der Waals surface area contributed by atoms with Crippen LogP contribution in [0.3, 0.4) is 0 Å². The van der Waals surface area contributed by atoms with E-state index >= 15 is 0 Å². The third-order valence-corrected chi connectivity index (χ3v) is 2.76. The highest BCUT2D eigenvalue weighted by atomic mass is 35.5. The van der Waals surface area contributed by atoms with Crippen molar-refractivity contribution in [1.29, 1.82) is 5.26 Å². The fraction of sp³-hybridized carbons (Fsp3) is 0.0769. The predicted molar refractivity (Wildman–Crippen MR) is 64.9 cm³/mol. The van der Waals surface area contributed by atoms with Crippen LogP contribution in [0.5, 0.6) is 0 Å². The van der Waals surface area contributed by atoms with Gasteiger partial charge in [-0.3, -0.25) is 4.79 Å². The Kier molecular flexibility index (Phi) is 3.27. The van der Waals surface area contributed by atoms with Crippen LogP contribution in [0.4, 0.5) is 0 Å². The zero-order chi connectivity index (χ0) is 12.3. The Labute approximate surface area is 104 Å². The smallest absolute Gasteiger partial charge is 0.184 e. The Morgan fingerprint density at radius 2 is 2.06 bits per heavy atom. The summed E-state index contributed by atoms with van der Waals surface area (Å²) < 4.78 is 1.60. The molecule has 0 aliphatic heterocycles. The first-order chi connectivity index (χ1) is 8.22. The largest absolute Gasteiger partial charge is 0.332 e. The van der Waals surface area contributed by atoms with Gasteiger partial charge in [-0.15, -0.1) is 0 Å². The van der Waals surface area contributed by atoms with E-state index in [0.717, 1.165) is 0 Å². The molecule has 1 aromatic heterocycles. The van der Waals surface area contributed by atoms with Crippen molar-refractivity contribution in [2.24, 2.45) is 0 Å². The van der Waals surface area contributed by atoms with E-state index in [0.29, 0.717) is 16.3 Å². The lowest BCUT2D eigenvalue weighted by Gasteiger charge is -2.05. The number of halogens is 1. The number of carbonyl (C=O) groups is 1. The summed E-state index contributed by atoms with van der Waals surface area (Å²) in [5.74, 6) is -0.108. The van der Waals surface area contributed by atoms with Crippen LogP contribution in [0.2, 0.25) is 5.02 Å². The normalized spacial score (nSPS) is 9.88. The first-order valence-corrected chi connectivity index (χ1v) is 5.43. The van der Waals surface area contributed by atoms with Gasteiger partial charge in [0.05, 0.1) is 11.6 Å². The monoisotopic (exact) mass is 244 g/mol. The van der Waals surface area contributed by atoms with E-state index in [2.05, 4.69) is 0 Å². The van der Waals surface area contributed by atoms with Gasteiger partial charge >= 0.3 is 0 Å². The fourth-order valence-corrected chi connectivity index (χ4v) is 1.82. The van der Waals surface area contributed by atoms with Gasteiger partial charge in [0.2, 0.25) is 0 Å². The van der Waals surface area contributed by atoms with Crippen LogP contribution in [-0.4, -0.2) is 10.4 Å². The summed E-state index contributed by atoms with van der Waals surface area (Å²) in [6.07, 6.45) is 1.70. The molecule has 84 valence electrons. The van der Waals surface area contributed by atoms with E-state index in [4.69, 9.17) is 16.9 Å². The molecule has 0 amide bonds. The second-order valence-electron chi connectivity index (χ2n) is 3.54. The molecule has 0 saturated carbocycles. The number of ketones is 1. The zero-order valence-electron chi connectivity index (χ0n) is 8.93. The van der Waals surface area contributed by atoms with E-state index < -0.39 is 0 Å². The van der Waals surface area contributed by atoms with Crippen molar-refractivity contribution in [1.82, 2.24) is 4.57 Å². The molecule has 0 radical (unpaired) electrons. The minimum absolute atomic E-state index is 0.108. The molecule has 1 aromatic carbocycles. The molecule has 1 heterocycles. The van der Waals surface area contributed by atoms with Gasteiger partial charge in [-0.1, -0.05) is 23.7 Å². The molecule has 0 aliphatic rings. The lowest BCUT2D eigenvalue weighted by atomic mass is 10.1. The van der Waals surface area contributed by atoms with Crippen LogP contribution in [0.1, 0.15) is 16.1 Å². The minimum atomic E-state index is -0.108. The van der Waals surface area contributed by atoms with Gasteiger partial charge in [0, 0.05) is 11.8 Å². The molecule has 0 bridgehead atoms. The van der Waals surface area contributed by atoms with Crippen molar-refractivity contribution in [3.05, 3.63) is 58.9 Å². The van der Waals surface area contributed by atoms with Crippen LogP contribution in [0.15, 0.2) is 42.6 Å². The number of hydrogen-bond donors (Lipinski definition) is 0. The van der Waals surface area contributed by atoms with Crippen molar-refractivity contribution in [3.63, 3.8) is 0 Å². The van der Waals surface area contributed by atoms with Crippen molar-refractivity contribution >= 4 is 17.4 Å². The van der Waals surface area contributed by atoms with Crippen molar-refractivity contribution in [2.45, 2.75) is 6.54 Å². The zero-order valence-corrected chi connectivity index (χ0v) is 9.69. The third kappa shape index (κ3) is 2.38. The second-order valence-corrected chi connectivity index (χ2v) is 3.94. The maximum absolute atomic E-state index is 12.0. The predicted octanol–water partition coefficient (Wildman–Crippen LogP) is 2.90. The number of Topliss-reactive ketones (excluding diaryl/α,β-unsaturated/α-hetero) is 1. The lowest BCUT2D eigenvalue weighted by molar-refractivity contribution is 0.0972. The SMILES string of the molecule is N#Cc1cccn1CC(=O)c1ccccc1Cl. The van der Waals surface area contributed by atoms with Gasteiger partial charge in [-0.2, -0.15) is 5.26 Å². The molecular weight excluding hydrogens is 236 g/mol. The van der Waals surface area contributed by atoms with Crippen LogP contribution in [-0.2, 0) is 6.54 Å². The first-order valence-electron chi connectivity index (χ1n) is 5.05. The molecule has 0 unspecified atom stereocenters. The topological polar surface area (TPSA) is 45.8 Å². The van der Waals surface area contributed by atoms with E-state index in [1.54, 1.807) is 47.2 Å². The van der Waals surface area contributed by atoms with Gasteiger partial charge in [-0.25, -0.2) is 0 Å². The molecule has 0 fully saturated rings. The Balaban J connectivity index is 2.24. The number of benzene rings is 1. The molecule has 2 aromatic rings. The quantitative estimate of drug-likeness (QED) is 0.780. The number of nitrogens with zero attached hydrogens (tertiary/aromatic N) is 2. The summed E-state index contributed by atoms with van der Waals surface area (Å²) in [5.41, 5.74) is 0.942. The minimum Gasteiger partial charge on any atom is -0.332 e. The molecule has 4 heteroatoms. The van der Waals surface area contributed by atoms with E-state index in [-0.39, 0.29) is 12.3 Å². The molecule has 0 aliphatic carbocycles. The standard InChI is InChI=1S/C13H9ClN2O/c14-12-6-2-1-5-11(12)13(17)9-16-7-3-4-10(16)8-15/h1-7H,9H2. The number of aromatic nitrogens is 1. The summed E-state index contributed by atoms with van der Waals surface area (Å²) in [6, 6.07) is 12.3. The molecule has 17 heavy (non-hydrogen) atoms. The maximum Gasteiger partial charge on any atom is 0.184 e. The first kappa shape index (κ1) is 11.4. The Morgan fingerprint density at radius 3 is 2.76 bits per heavy atom. The Hall–Kier alpha value is -2.05. The van der Waals surface area contributed by atoms with Crippen LogP contribution >= 0.6 is 11.6 Å². The van der Waals surface area contributed by atoms with Crippen LogP contribution in [0, 0.1) is 11.3 Å². The van der Waals surface area contributed by atoms with Crippen molar-refractivity contribution < 1.29 is 4.79 Å². The fourth-order valence-electron chi connectivity index (χ4n) is 1.58. The second kappa shape index (κ2) is 4.86. The van der Waals surface area contributed by atoms with Gasteiger partial charge in [-0.05, 0) is 24.3 Å². The van der Waals surface area contributed by atoms with Gasteiger partial charge in [0.1, 0.15) is 11.8 Å². The highest BCUT2D eigenvalue weighted by molar-refractivity contribution is 6.33. The van der Waals surface area contributed by atoms with Crippen LogP contribution < -0.4 is 0 Å². The molecule has 2 rings (SSSR count). The summed E-state index contributed by atoms with van der Waals surface area (Å²) in [5, 5.41) is 9.27. The number of rotatable bonds is 3. The third-order valence-electron chi connectivity index (χ3n) is 2.43. The molecule has 0 spiro atoms. The summed E-state index contributed by atoms with van der Waals surface area (Å²) in [7, 11) is 0. The Morgan fingerprint density at radius 1 is 1.29 bits per heavy atom. The maximum atomic E-state index is 12.0. The lowest BCUT2D eigenvalue weighted by Crippen LogP contribution is -2.11. The number of nitriles is 1. The van der Waals surface area contributed by atoms with E-state index in [1.807, 2.05) is 6.07 Å². The molecule has 0 atom stereocenters. The number of carbonyl (C=O) groups excluding carboxylic acids is 1. The Bertz CT molecular complexity index is 595. The summed E-state index contributed by atoms with van der Waals surface area (Å²) in [4.78, 5) is 12.0. The van der Waals surface area contributed by atoms with E-state index in [1.165, 1.54) is 0 Å². The highest BCUT2D eigenvalue weighted by Gasteiger charge is 2.11. The number of hydrogen-bond acceptors (Lipinski definition) is 2. The average molecular weight is 245 g/mol. The molecule has 0 N–H and O–H groups in total. The van der Waals surface area contributed by atoms with Gasteiger partial charge in [0.15, 0.2) is 5.78 Å². The summed E-state index contributed by atoms with van der Waals surface area (Å²) in [6.45, 7) is 0.125. The van der Waals surface area contributed by atoms with Gasteiger partial charge < -0.3 is 4.57 Å². The van der Waals surface area contributed by atoms with Crippen LogP contribution in [0.25, 0.3) is 0 Å². The van der Waals surface area contributed by atoms with Crippen molar-refractivity contribution in [3.8, 4) is 6.07 Å². The van der Waals surface area contributed by atoms with E-state index in [9.17, 15) is 4.79 Å². The molecule has 0 saturated heterocycles.